The van der Waals surface area contributed by atoms with E-state index in [0.29, 0.717) is 30.7 Å². The second-order valence-corrected chi connectivity index (χ2v) is 17.1. The van der Waals surface area contributed by atoms with Crippen LogP contribution in [0.3, 0.4) is 0 Å². The minimum Gasteiger partial charge on any atom is -0.491 e. The summed E-state index contributed by atoms with van der Waals surface area (Å²) in [5.41, 5.74) is 1.63. The molecule has 60 heavy (non-hydrogen) atoms. The van der Waals surface area contributed by atoms with E-state index in [4.69, 9.17) is 14.2 Å². The Bertz CT molecular complexity index is 1670. The molecule has 0 saturated carbocycles. The smallest absolute Gasteiger partial charge is 0.245 e. The van der Waals surface area contributed by atoms with E-state index in [-0.39, 0.29) is 72.3 Å². The van der Waals surface area contributed by atoms with Crippen LogP contribution < -0.4 is 20.7 Å². The zero-order valence-corrected chi connectivity index (χ0v) is 38.2. The Morgan fingerprint density at radius 2 is 1.48 bits per heavy atom. The lowest BCUT2D eigenvalue weighted by Crippen LogP contribution is -2.59. The Kier molecular flexibility index (Phi) is 20.2. The second-order valence-electron chi connectivity index (χ2n) is 17.1. The molecule has 13 nitrogen and oxygen atoms in total. The number of rotatable bonds is 24. The van der Waals surface area contributed by atoms with Gasteiger partial charge in [-0.05, 0) is 80.8 Å². The molecule has 1 fully saturated rings. The highest BCUT2D eigenvalue weighted by Gasteiger charge is 2.43. The monoisotopic (exact) mass is 836 g/mol. The summed E-state index contributed by atoms with van der Waals surface area (Å²) in [6.45, 7) is 15.9. The number of Topliss-reactive ketones (excluding diaryl/α,β-unsaturated/α-hetero) is 1. The van der Waals surface area contributed by atoms with E-state index < -0.39 is 36.3 Å². The number of hydrogen-bond acceptors (Lipinski definition) is 9. The molecule has 2 aromatic rings. The zero-order valence-electron chi connectivity index (χ0n) is 38.2. The maximum atomic E-state index is 14.4. The lowest BCUT2D eigenvalue weighted by atomic mass is 9.89. The zero-order chi connectivity index (χ0) is 44.7. The summed E-state index contributed by atoms with van der Waals surface area (Å²) in [6, 6.07) is 14.4. The Morgan fingerprint density at radius 3 is 2.02 bits per heavy atom. The van der Waals surface area contributed by atoms with Crippen molar-refractivity contribution in [1.82, 2.24) is 25.8 Å². The van der Waals surface area contributed by atoms with Crippen molar-refractivity contribution in [2.75, 3.05) is 41.5 Å². The van der Waals surface area contributed by atoms with E-state index >= 15 is 0 Å². The average Bonchev–Trinajstić information content (AvgIpc) is 3.71. The molecule has 0 aliphatic carbocycles. The molecule has 1 aliphatic heterocycles. The van der Waals surface area contributed by atoms with E-state index in [1.807, 2.05) is 83.7 Å². The van der Waals surface area contributed by atoms with Gasteiger partial charge in [0.15, 0.2) is 5.78 Å². The first-order valence-electron chi connectivity index (χ1n) is 21.7. The molecule has 0 bridgehead atoms. The molecule has 0 radical (unpaired) electrons. The van der Waals surface area contributed by atoms with Crippen LogP contribution in [0.15, 0.2) is 54.6 Å². The third kappa shape index (κ3) is 13.6. The van der Waals surface area contributed by atoms with Gasteiger partial charge in [0.1, 0.15) is 18.4 Å². The van der Waals surface area contributed by atoms with Gasteiger partial charge in [-0.15, -0.1) is 0 Å². The van der Waals surface area contributed by atoms with E-state index in [0.717, 1.165) is 18.4 Å². The molecular weight excluding hydrogens is 763 g/mol. The van der Waals surface area contributed by atoms with Crippen molar-refractivity contribution in [3.8, 4) is 5.75 Å². The SMILES string of the molecule is CC[C@H](C)[C@@H]([C@@H](CC(=O)N1CCC[C@H]1[C@H](OC)[C@@H](C)C(=O)N[C@H](COc1ccc(C(C)=O)cc1)Cc1ccccc1)OC)N(C)C(=O)[C@@H](NC(=O)[C@@H](NC)C(C)C)C(C)C. The molecule has 1 saturated heterocycles. The highest BCUT2D eigenvalue weighted by molar-refractivity contribution is 5.94. The molecule has 0 unspecified atom stereocenters. The molecule has 334 valence electrons. The number of likely N-dealkylation sites (N-methyl/N-ethyl adjacent to an activating group) is 2. The summed E-state index contributed by atoms with van der Waals surface area (Å²) in [5.74, 6) is -1.07. The molecule has 3 rings (SSSR count). The predicted octanol–water partition coefficient (Wildman–Crippen LogP) is 5.30. The van der Waals surface area contributed by atoms with Crippen molar-refractivity contribution < 1.29 is 38.2 Å². The van der Waals surface area contributed by atoms with Crippen LogP contribution in [0, 0.1) is 23.7 Å². The Hall–Kier alpha value is -4.33. The molecule has 1 heterocycles. The highest BCUT2D eigenvalue weighted by atomic mass is 16.5. The molecule has 1 aliphatic rings. The Labute approximate surface area is 359 Å². The standard InChI is InChI=1S/C47H73N5O8/c1-13-31(6)43(51(10)47(57)42(30(4)5)50-46(56)41(48-9)29(2)3)39(58-11)27-40(54)52-25-17-20-38(52)44(59-12)32(7)45(55)49-36(26-34-18-15-14-16-19-34)28-60-37-23-21-35(22-24-37)33(8)53/h14-16,18-19,21-24,29-32,36,38-39,41-44,48H,13,17,20,25-28H2,1-12H3,(H,49,55)(H,50,56)/t31-,32+,36-,38-,39+,41-,42-,43-,44+/m0/s1. The van der Waals surface area contributed by atoms with Crippen LogP contribution in [0.25, 0.3) is 0 Å². The maximum absolute atomic E-state index is 14.4. The third-order valence-electron chi connectivity index (χ3n) is 12.1. The first-order valence-corrected chi connectivity index (χ1v) is 21.7. The number of methoxy groups -OCH3 is 2. The number of carbonyl (C=O) groups is 5. The highest BCUT2D eigenvalue weighted by Crippen LogP contribution is 2.30. The van der Waals surface area contributed by atoms with Crippen molar-refractivity contribution in [2.24, 2.45) is 23.7 Å². The third-order valence-corrected chi connectivity index (χ3v) is 12.1. The maximum Gasteiger partial charge on any atom is 0.245 e. The number of ether oxygens (including phenoxy) is 3. The quantitative estimate of drug-likeness (QED) is 0.120. The first-order chi connectivity index (χ1) is 28.5. The lowest BCUT2D eigenvalue weighted by molar-refractivity contribution is -0.147. The molecule has 3 N–H and O–H groups in total. The van der Waals surface area contributed by atoms with Gasteiger partial charge in [0.2, 0.25) is 23.6 Å². The van der Waals surface area contributed by atoms with Gasteiger partial charge in [0.25, 0.3) is 0 Å². The number of amides is 4. The minimum atomic E-state index is -0.770. The van der Waals surface area contributed by atoms with Crippen LogP contribution in [0.4, 0.5) is 0 Å². The van der Waals surface area contributed by atoms with E-state index in [1.54, 1.807) is 57.5 Å². The predicted molar refractivity (Wildman–Crippen MR) is 235 cm³/mol. The fourth-order valence-corrected chi connectivity index (χ4v) is 8.41. The van der Waals surface area contributed by atoms with Crippen LogP contribution in [-0.2, 0) is 35.1 Å². The van der Waals surface area contributed by atoms with E-state index in [9.17, 15) is 24.0 Å². The number of carbonyl (C=O) groups excluding carboxylic acids is 5. The van der Waals surface area contributed by atoms with Gasteiger partial charge < -0.3 is 40.0 Å². The Morgan fingerprint density at radius 1 is 0.850 bits per heavy atom. The lowest BCUT2D eigenvalue weighted by Gasteiger charge is -2.41. The van der Waals surface area contributed by atoms with Crippen molar-refractivity contribution >= 4 is 29.4 Å². The van der Waals surface area contributed by atoms with Crippen molar-refractivity contribution in [2.45, 2.75) is 130 Å². The van der Waals surface area contributed by atoms with Gasteiger partial charge in [-0.1, -0.05) is 85.2 Å². The number of nitrogens with one attached hydrogen (secondary N) is 3. The fourth-order valence-electron chi connectivity index (χ4n) is 8.41. The van der Waals surface area contributed by atoms with Crippen LogP contribution in [0.2, 0.25) is 0 Å². The van der Waals surface area contributed by atoms with Crippen molar-refractivity contribution in [1.29, 1.82) is 0 Å². The van der Waals surface area contributed by atoms with Gasteiger partial charge >= 0.3 is 0 Å². The Balaban J connectivity index is 1.78. The van der Waals surface area contributed by atoms with Gasteiger partial charge in [0.05, 0.1) is 48.7 Å². The fraction of sp³-hybridized carbons (Fsp3) is 0.638. The molecule has 0 spiro atoms. The number of ketones is 1. The van der Waals surface area contributed by atoms with Crippen molar-refractivity contribution in [3.05, 3.63) is 65.7 Å². The molecule has 0 aromatic heterocycles. The van der Waals surface area contributed by atoms with Crippen LogP contribution in [0.1, 0.15) is 97.0 Å². The van der Waals surface area contributed by atoms with Crippen LogP contribution in [-0.4, -0.2) is 123 Å². The molecule has 2 aromatic carbocycles. The summed E-state index contributed by atoms with van der Waals surface area (Å²) in [4.78, 5) is 71.1. The van der Waals surface area contributed by atoms with E-state index in [1.165, 1.54) is 6.92 Å². The summed E-state index contributed by atoms with van der Waals surface area (Å²) in [7, 11) is 6.61. The normalized spacial score (nSPS) is 18.2. The summed E-state index contributed by atoms with van der Waals surface area (Å²) >= 11 is 0. The molecule has 13 heteroatoms. The topological polar surface area (TPSA) is 156 Å². The summed E-state index contributed by atoms with van der Waals surface area (Å²) in [6.07, 6.45) is 1.48. The van der Waals surface area contributed by atoms with Crippen LogP contribution >= 0.6 is 0 Å². The average molecular weight is 836 g/mol. The molecular formula is C47H73N5O8. The number of likely N-dealkylation sites (tertiary alicyclic amines) is 1. The van der Waals surface area contributed by atoms with Crippen LogP contribution in [0.5, 0.6) is 5.75 Å². The van der Waals surface area contributed by atoms with Gasteiger partial charge in [-0.2, -0.15) is 0 Å². The van der Waals surface area contributed by atoms with Crippen molar-refractivity contribution in [3.63, 3.8) is 0 Å². The summed E-state index contributed by atoms with van der Waals surface area (Å²) in [5, 5.41) is 9.26. The summed E-state index contributed by atoms with van der Waals surface area (Å²) < 4.78 is 18.2. The van der Waals surface area contributed by atoms with Gasteiger partial charge in [0, 0.05) is 33.4 Å². The van der Waals surface area contributed by atoms with Gasteiger partial charge in [-0.3, -0.25) is 24.0 Å². The number of hydrogen-bond donors (Lipinski definition) is 3. The first kappa shape index (κ1) is 50.0. The van der Waals surface area contributed by atoms with Gasteiger partial charge in [-0.25, -0.2) is 0 Å². The molecule has 9 atom stereocenters. The second kappa shape index (κ2) is 24.2. The minimum absolute atomic E-state index is 0.0222. The molecule has 4 amide bonds. The van der Waals surface area contributed by atoms with E-state index in [2.05, 4.69) is 16.0 Å². The number of benzene rings is 2. The number of nitrogens with zero attached hydrogens (tertiary/aromatic N) is 2. The largest absolute Gasteiger partial charge is 0.491 e.